The molecule has 92 valence electrons. The molecule has 0 aliphatic carbocycles. The van der Waals surface area contributed by atoms with Gasteiger partial charge in [0.05, 0.1) is 5.56 Å². The van der Waals surface area contributed by atoms with Crippen LogP contribution in [-0.4, -0.2) is 22.5 Å². The van der Waals surface area contributed by atoms with Gasteiger partial charge in [-0.1, -0.05) is 6.07 Å². The molecule has 0 spiro atoms. The topological polar surface area (TPSA) is 101 Å². The van der Waals surface area contributed by atoms with Crippen LogP contribution in [0.5, 0.6) is 5.75 Å². The highest BCUT2D eigenvalue weighted by Crippen LogP contribution is 2.29. The summed E-state index contributed by atoms with van der Waals surface area (Å²) in [4.78, 5) is 21.2. The van der Waals surface area contributed by atoms with Crippen molar-refractivity contribution in [3.63, 3.8) is 0 Å². The lowest BCUT2D eigenvalue weighted by atomic mass is 9.97. The number of nitrogens with two attached hydrogens (primary N) is 1. The van der Waals surface area contributed by atoms with Crippen LogP contribution >= 0.6 is 0 Å². The third-order valence-electron chi connectivity index (χ3n) is 2.51. The monoisotopic (exact) mass is 237 g/mol. The largest absolute Gasteiger partial charge is 0.507 e. The molecule has 0 bridgehead atoms. The summed E-state index contributed by atoms with van der Waals surface area (Å²) < 4.78 is 0. The number of rotatable bonds is 5. The third kappa shape index (κ3) is 3.29. The maximum absolute atomic E-state index is 10.7. The molecule has 0 aromatic heterocycles. The van der Waals surface area contributed by atoms with Crippen molar-refractivity contribution >= 4 is 12.3 Å². The summed E-state index contributed by atoms with van der Waals surface area (Å²) in [6.45, 7) is 1.78. The number of aldehydes is 1. The van der Waals surface area contributed by atoms with Crippen molar-refractivity contribution in [1.82, 2.24) is 0 Å². The summed E-state index contributed by atoms with van der Waals surface area (Å²) in [5, 5.41) is 18.3. The van der Waals surface area contributed by atoms with Gasteiger partial charge in [0.1, 0.15) is 5.75 Å². The maximum atomic E-state index is 10.7. The van der Waals surface area contributed by atoms with E-state index >= 15 is 0 Å². The number of carbonyl (C=O) groups excluding carboxylic acids is 1. The van der Waals surface area contributed by atoms with Gasteiger partial charge in [0, 0.05) is 18.0 Å². The standard InChI is InChI=1S/C12H15NO4/c1-7-4-8(6-14)12(17)9(5-7)10(13)2-3-11(15)16/h4-6,10,17H,2-3,13H2,1H3,(H,15,16)/t10-/m0/s1. The van der Waals surface area contributed by atoms with Crippen LogP contribution in [0.2, 0.25) is 0 Å². The van der Waals surface area contributed by atoms with Gasteiger partial charge in [-0.15, -0.1) is 0 Å². The van der Waals surface area contributed by atoms with Gasteiger partial charge in [-0.3, -0.25) is 9.59 Å². The molecule has 0 saturated carbocycles. The van der Waals surface area contributed by atoms with Crippen molar-refractivity contribution in [2.45, 2.75) is 25.8 Å². The van der Waals surface area contributed by atoms with Gasteiger partial charge in [-0.05, 0) is 25.0 Å². The van der Waals surface area contributed by atoms with Crippen LogP contribution in [0.4, 0.5) is 0 Å². The molecule has 0 amide bonds. The van der Waals surface area contributed by atoms with Gasteiger partial charge in [-0.25, -0.2) is 0 Å². The number of carboxylic acid groups (broad SMARTS) is 1. The molecule has 0 fully saturated rings. The molecular weight excluding hydrogens is 222 g/mol. The lowest BCUT2D eigenvalue weighted by Gasteiger charge is -2.14. The Hall–Kier alpha value is -1.88. The number of aliphatic carboxylic acids is 1. The van der Waals surface area contributed by atoms with Crippen LogP contribution in [0.25, 0.3) is 0 Å². The molecular formula is C12H15NO4. The SMILES string of the molecule is Cc1cc(C=O)c(O)c([C@@H](N)CCC(=O)O)c1. The van der Waals surface area contributed by atoms with Crippen LogP contribution in [-0.2, 0) is 4.79 Å². The summed E-state index contributed by atoms with van der Waals surface area (Å²) in [7, 11) is 0. The Bertz CT molecular complexity index is 442. The predicted octanol–water partition coefficient (Wildman–Crippen LogP) is 1.38. The molecule has 17 heavy (non-hydrogen) atoms. The Morgan fingerprint density at radius 1 is 1.53 bits per heavy atom. The minimum absolute atomic E-state index is 0.0784. The Balaban J connectivity index is 3.00. The number of hydrogen-bond donors (Lipinski definition) is 3. The van der Waals surface area contributed by atoms with Gasteiger partial charge in [-0.2, -0.15) is 0 Å². The summed E-state index contributed by atoms with van der Waals surface area (Å²) in [6, 6.07) is 2.62. The van der Waals surface area contributed by atoms with Crippen LogP contribution in [0.15, 0.2) is 12.1 Å². The lowest BCUT2D eigenvalue weighted by molar-refractivity contribution is -0.137. The van der Waals surface area contributed by atoms with Gasteiger partial charge < -0.3 is 15.9 Å². The minimum Gasteiger partial charge on any atom is -0.507 e. The van der Waals surface area contributed by atoms with E-state index in [1.807, 2.05) is 0 Å². The van der Waals surface area contributed by atoms with Crippen molar-refractivity contribution < 1.29 is 19.8 Å². The number of aromatic hydroxyl groups is 1. The number of carbonyl (C=O) groups is 2. The number of phenolic OH excluding ortho intramolecular Hbond substituents is 1. The fraction of sp³-hybridized carbons (Fsp3) is 0.333. The molecule has 0 aliphatic heterocycles. The van der Waals surface area contributed by atoms with E-state index in [4.69, 9.17) is 10.8 Å². The Labute approximate surface area is 98.9 Å². The molecule has 0 radical (unpaired) electrons. The second kappa shape index (κ2) is 5.45. The molecule has 5 heteroatoms. The van der Waals surface area contributed by atoms with Crippen molar-refractivity contribution in [1.29, 1.82) is 0 Å². The van der Waals surface area contributed by atoms with Crippen molar-refractivity contribution in [3.05, 3.63) is 28.8 Å². The van der Waals surface area contributed by atoms with E-state index in [0.717, 1.165) is 5.56 Å². The van der Waals surface area contributed by atoms with E-state index in [1.54, 1.807) is 19.1 Å². The third-order valence-corrected chi connectivity index (χ3v) is 2.51. The normalized spacial score (nSPS) is 12.1. The average Bonchev–Trinajstić information content (AvgIpc) is 2.28. The fourth-order valence-electron chi connectivity index (χ4n) is 1.64. The van der Waals surface area contributed by atoms with Crippen LogP contribution in [0, 0.1) is 6.92 Å². The van der Waals surface area contributed by atoms with E-state index in [9.17, 15) is 14.7 Å². The predicted molar refractivity (Wildman–Crippen MR) is 62.0 cm³/mol. The summed E-state index contributed by atoms with van der Waals surface area (Å²) in [5.41, 5.74) is 7.18. The minimum atomic E-state index is -0.941. The Kier molecular flexibility index (Phi) is 4.23. The molecule has 0 saturated heterocycles. The second-order valence-electron chi connectivity index (χ2n) is 3.95. The lowest BCUT2D eigenvalue weighted by Crippen LogP contribution is -2.13. The van der Waals surface area contributed by atoms with E-state index < -0.39 is 12.0 Å². The van der Waals surface area contributed by atoms with Crippen LogP contribution < -0.4 is 5.73 Å². The maximum Gasteiger partial charge on any atom is 0.303 e. The molecule has 4 N–H and O–H groups in total. The average molecular weight is 237 g/mol. The first-order chi connectivity index (χ1) is 7.95. The quantitative estimate of drug-likeness (QED) is 0.671. The molecule has 5 nitrogen and oxygen atoms in total. The number of carboxylic acids is 1. The second-order valence-corrected chi connectivity index (χ2v) is 3.95. The van der Waals surface area contributed by atoms with E-state index in [0.29, 0.717) is 11.8 Å². The Morgan fingerprint density at radius 3 is 2.71 bits per heavy atom. The molecule has 0 aliphatic rings. The fourth-order valence-corrected chi connectivity index (χ4v) is 1.64. The molecule has 1 atom stereocenters. The molecule has 0 unspecified atom stereocenters. The van der Waals surface area contributed by atoms with Crippen molar-refractivity contribution in [2.75, 3.05) is 0 Å². The van der Waals surface area contributed by atoms with Crippen molar-refractivity contribution in [3.8, 4) is 5.75 Å². The highest BCUT2D eigenvalue weighted by Gasteiger charge is 2.15. The zero-order valence-corrected chi connectivity index (χ0v) is 9.51. The highest BCUT2D eigenvalue weighted by atomic mass is 16.4. The van der Waals surface area contributed by atoms with Crippen molar-refractivity contribution in [2.24, 2.45) is 5.73 Å². The number of aryl methyl sites for hydroxylation is 1. The van der Waals surface area contributed by atoms with Gasteiger partial charge >= 0.3 is 5.97 Å². The van der Waals surface area contributed by atoms with Gasteiger partial charge in [0.15, 0.2) is 6.29 Å². The van der Waals surface area contributed by atoms with Crippen LogP contribution in [0.1, 0.15) is 40.4 Å². The first-order valence-corrected chi connectivity index (χ1v) is 5.21. The van der Waals surface area contributed by atoms with E-state index in [2.05, 4.69) is 0 Å². The van der Waals surface area contributed by atoms with Gasteiger partial charge in [0.25, 0.3) is 0 Å². The zero-order valence-electron chi connectivity index (χ0n) is 9.51. The summed E-state index contributed by atoms with van der Waals surface area (Å²) in [5.74, 6) is -1.10. The first kappa shape index (κ1) is 13.2. The zero-order chi connectivity index (χ0) is 13.0. The van der Waals surface area contributed by atoms with E-state index in [-0.39, 0.29) is 24.2 Å². The number of benzene rings is 1. The number of phenols is 1. The van der Waals surface area contributed by atoms with Gasteiger partial charge in [0.2, 0.25) is 0 Å². The Morgan fingerprint density at radius 2 is 2.18 bits per heavy atom. The van der Waals surface area contributed by atoms with Crippen LogP contribution in [0.3, 0.4) is 0 Å². The number of hydrogen-bond acceptors (Lipinski definition) is 4. The smallest absolute Gasteiger partial charge is 0.303 e. The molecule has 1 aromatic carbocycles. The molecule has 1 aromatic rings. The molecule has 1 rings (SSSR count). The highest BCUT2D eigenvalue weighted by molar-refractivity contribution is 5.80. The van der Waals surface area contributed by atoms with E-state index in [1.165, 1.54) is 0 Å². The molecule has 0 heterocycles. The first-order valence-electron chi connectivity index (χ1n) is 5.21. The summed E-state index contributed by atoms with van der Waals surface area (Å²) >= 11 is 0. The summed E-state index contributed by atoms with van der Waals surface area (Å²) in [6.07, 6.45) is 0.686.